The molecule has 0 unspecified atom stereocenters. The minimum atomic E-state index is -0.487. The number of carbonyl (C=O) groups excluding carboxylic acids is 3. The Kier molecular flexibility index (Phi) is 8.07. The molecule has 4 rings (SSSR count). The van der Waals surface area contributed by atoms with Gasteiger partial charge in [0.25, 0.3) is 11.8 Å². The van der Waals surface area contributed by atoms with Gasteiger partial charge in [0, 0.05) is 37.3 Å². The van der Waals surface area contributed by atoms with E-state index in [0.29, 0.717) is 17.8 Å². The number of piperidine rings is 1. The molecule has 35 heavy (non-hydrogen) atoms. The summed E-state index contributed by atoms with van der Waals surface area (Å²) in [6, 6.07) is 14.6. The number of amidine groups is 1. The number of aliphatic imine (C=N–C) groups is 1. The summed E-state index contributed by atoms with van der Waals surface area (Å²) in [4.78, 5) is 43.9. The van der Waals surface area contributed by atoms with Crippen molar-refractivity contribution in [1.29, 1.82) is 0 Å². The number of hydrogen-bond donors (Lipinski definition) is 2. The fourth-order valence-corrected chi connectivity index (χ4v) is 5.17. The van der Waals surface area contributed by atoms with Gasteiger partial charge >= 0.3 is 0 Å². The Balaban J connectivity index is 1.28. The first-order valence-electron chi connectivity index (χ1n) is 12.0. The minimum Gasteiger partial charge on any atom is -0.351 e. The number of hydrazine groups is 1. The molecule has 0 saturated carbocycles. The van der Waals surface area contributed by atoms with Gasteiger partial charge in [0.15, 0.2) is 5.17 Å². The lowest BCUT2D eigenvalue weighted by atomic mass is 10.1. The molecular weight excluding hydrogens is 462 g/mol. The third-order valence-electron chi connectivity index (χ3n) is 6.06. The predicted octanol–water partition coefficient (Wildman–Crippen LogP) is 3.98. The van der Waals surface area contributed by atoms with E-state index >= 15 is 0 Å². The quantitative estimate of drug-likeness (QED) is 0.567. The Bertz CT molecular complexity index is 1090. The van der Waals surface area contributed by atoms with Crippen molar-refractivity contribution in [3.8, 4) is 0 Å². The van der Waals surface area contributed by atoms with Crippen LogP contribution in [0.1, 0.15) is 48.5 Å². The number of hydrogen-bond acceptors (Lipinski definition) is 6. The number of anilines is 2. The van der Waals surface area contributed by atoms with Crippen LogP contribution in [0.25, 0.3) is 0 Å². The minimum absolute atomic E-state index is 0.0641. The Labute approximate surface area is 210 Å². The maximum absolute atomic E-state index is 12.7. The first-order chi connectivity index (χ1) is 16.9. The van der Waals surface area contributed by atoms with Gasteiger partial charge in [0.1, 0.15) is 5.25 Å². The molecule has 2 aromatic carbocycles. The zero-order valence-electron chi connectivity index (χ0n) is 20.1. The summed E-state index contributed by atoms with van der Waals surface area (Å²) >= 11 is 1.39. The Morgan fingerprint density at radius 3 is 2.40 bits per heavy atom. The molecule has 0 bridgehead atoms. The molecule has 9 heteroatoms. The van der Waals surface area contributed by atoms with Crippen molar-refractivity contribution in [2.24, 2.45) is 4.99 Å². The Morgan fingerprint density at radius 1 is 1.06 bits per heavy atom. The van der Waals surface area contributed by atoms with Gasteiger partial charge in [0.2, 0.25) is 5.91 Å². The smallest absolute Gasteiger partial charge is 0.269 e. The summed E-state index contributed by atoms with van der Waals surface area (Å²) < 4.78 is 0. The van der Waals surface area contributed by atoms with E-state index in [0.717, 1.165) is 42.3 Å². The van der Waals surface area contributed by atoms with Crippen LogP contribution in [0, 0.1) is 6.92 Å². The molecular formula is C26H31N5O3S. The van der Waals surface area contributed by atoms with Gasteiger partial charge in [0.05, 0.1) is 5.69 Å². The van der Waals surface area contributed by atoms with Crippen LogP contribution in [0.3, 0.4) is 0 Å². The summed E-state index contributed by atoms with van der Waals surface area (Å²) in [7, 11) is 0. The maximum atomic E-state index is 12.7. The predicted molar refractivity (Wildman–Crippen MR) is 141 cm³/mol. The average Bonchev–Trinajstić information content (AvgIpc) is 3.23. The molecule has 2 heterocycles. The molecule has 184 valence electrons. The normalized spacial score (nSPS) is 17.7. The molecule has 2 aromatic rings. The van der Waals surface area contributed by atoms with Gasteiger partial charge in [-0.25, -0.2) is 0 Å². The molecule has 0 radical (unpaired) electrons. The zero-order chi connectivity index (χ0) is 24.8. The monoisotopic (exact) mass is 493 g/mol. The van der Waals surface area contributed by atoms with Crippen molar-refractivity contribution in [2.75, 3.05) is 30.0 Å². The van der Waals surface area contributed by atoms with Crippen LogP contribution < -0.4 is 15.8 Å². The van der Waals surface area contributed by atoms with Gasteiger partial charge in [-0.2, -0.15) is 4.99 Å². The second kappa shape index (κ2) is 11.4. The highest BCUT2D eigenvalue weighted by atomic mass is 32.2. The summed E-state index contributed by atoms with van der Waals surface area (Å²) in [5.74, 6) is -0.730. The Hall–Kier alpha value is -3.33. The maximum Gasteiger partial charge on any atom is 0.269 e. The topological polar surface area (TPSA) is 94.1 Å². The summed E-state index contributed by atoms with van der Waals surface area (Å²) in [5.41, 5.74) is 6.03. The molecule has 8 nitrogen and oxygen atoms in total. The molecule has 2 aliphatic heterocycles. The van der Waals surface area contributed by atoms with Crippen molar-refractivity contribution in [3.63, 3.8) is 0 Å². The fourth-order valence-electron chi connectivity index (χ4n) is 4.05. The number of likely N-dealkylation sites (tertiary alicyclic amines) is 1. The number of thioether (sulfide) groups is 1. The number of rotatable bonds is 7. The van der Waals surface area contributed by atoms with Crippen molar-refractivity contribution in [1.82, 2.24) is 10.3 Å². The second-order valence-corrected chi connectivity index (χ2v) is 9.91. The van der Waals surface area contributed by atoms with E-state index in [1.807, 2.05) is 38.1 Å². The largest absolute Gasteiger partial charge is 0.351 e. The van der Waals surface area contributed by atoms with Crippen molar-refractivity contribution in [2.45, 2.75) is 44.8 Å². The lowest BCUT2D eigenvalue weighted by Gasteiger charge is -2.27. The van der Waals surface area contributed by atoms with Crippen molar-refractivity contribution in [3.05, 3.63) is 59.7 Å². The average molecular weight is 494 g/mol. The first-order valence-corrected chi connectivity index (χ1v) is 12.9. The SMILES string of the molecule is CCN(NC(=O)c1ccc(NC(=O)C[C@@H]2SC(N3CCCCC3)=NC2=O)cc1)c1ccc(C)cc1. The highest BCUT2D eigenvalue weighted by molar-refractivity contribution is 8.15. The molecule has 1 saturated heterocycles. The van der Waals surface area contributed by atoms with Gasteiger partial charge in [-0.3, -0.25) is 24.8 Å². The van der Waals surface area contributed by atoms with Gasteiger partial charge in [-0.05, 0) is 69.5 Å². The van der Waals surface area contributed by atoms with E-state index in [-0.39, 0.29) is 24.1 Å². The molecule has 1 fully saturated rings. The highest BCUT2D eigenvalue weighted by Crippen LogP contribution is 2.29. The van der Waals surface area contributed by atoms with Crippen molar-refractivity contribution < 1.29 is 14.4 Å². The summed E-state index contributed by atoms with van der Waals surface area (Å²) in [6.07, 6.45) is 3.48. The third-order valence-corrected chi connectivity index (χ3v) is 7.27. The fraction of sp³-hybridized carbons (Fsp3) is 0.385. The molecule has 0 aromatic heterocycles. The number of amides is 3. The Morgan fingerprint density at radius 2 is 1.74 bits per heavy atom. The second-order valence-electron chi connectivity index (χ2n) is 8.74. The van der Waals surface area contributed by atoms with Crippen LogP contribution in [-0.2, 0) is 9.59 Å². The number of nitrogens with zero attached hydrogens (tertiary/aromatic N) is 3. The molecule has 3 amide bonds. The highest BCUT2D eigenvalue weighted by Gasteiger charge is 2.33. The number of aryl methyl sites for hydroxylation is 1. The van der Waals surface area contributed by atoms with Gasteiger partial charge in [-0.1, -0.05) is 29.5 Å². The third kappa shape index (κ3) is 6.42. The van der Waals surface area contributed by atoms with Crippen LogP contribution in [0.2, 0.25) is 0 Å². The van der Waals surface area contributed by atoms with E-state index in [4.69, 9.17) is 0 Å². The van der Waals surface area contributed by atoms with E-state index in [9.17, 15) is 14.4 Å². The van der Waals surface area contributed by atoms with Crippen LogP contribution in [-0.4, -0.2) is 52.7 Å². The molecule has 1 atom stereocenters. The first kappa shape index (κ1) is 24.8. The van der Waals surface area contributed by atoms with Crippen molar-refractivity contribution >= 4 is 46.0 Å². The number of carbonyl (C=O) groups is 3. The number of benzene rings is 2. The summed E-state index contributed by atoms with van der Waals surface area (Å²) in [5, 5.41) is 4.87. The van der Waals surface area contributed by atoms with E-state index in [2.05, 4.69) is 20.6 Å². The lowest BCUT2D eigenvalue weighted by Crippen LogP contribution is -2.42. The van der Waals surface area contributed by atoms with Crippen LogP contribution in [0.4, 0.5) is 11.4 Å². The molecule has 0 spiro atoms. The standard InChI is InChI=1S/C26H31N5O3S/c1-3-31(21-13-7-18(2)8-14-21)29-24(33)19-9-11-20(12-10-19)27-23(32)17-22-25(34)28-26(35-22)30-15-5-4-6-16-30/h7-14,22H,3-6,15-17H2,1-2H3,(H,27,32)(H,29,33)/t22-/m0/s1. The van der Waals surface area contributed by atoms with E-state index < -0.39 is 5.25 Å². The zero-order valence-corrected chi connectivity index (χ0v) is 20.9. The van der Waals surface area contributed by atoms with Gasteiger partial charge < -0.3 is 10.2 Å². The lowest BCUT2D eigenvalue weighted by molar-refractivity contribution is -0.121. The molecule has 0 aliphatic carbocycles. The number of nitrogens with one attached hydrogen (secondary N) is 2. The van der Waals surface area contributed by atoms with Crippen LogP contribution in [0.5, 0.6) is 0 Å². The summed E-state index contributed by atoms with van der Waals surface area (Å²) in [6.45, 7) is 6.43. The van der Waals surface area contributed by atoms with E-state index in [1.165, 1.54) is 18.2 Å². The van der Waals surface area contributed by atoms with Gasteiger partial charge in [-0.15, -0.1) is 0 Å². The van der Waals surface area contributed by atoms with E-state index in [1.54, 1.807) is 29.3 Å². The van der Waals surface area contributed by atoms with Crippen LogP contribution in [0.15, 0.2) is 53.5 Å². The molecule has 2 aliphatic rings. The molecule has 2 N–H and O–H groups in total. The van der Waals surface area contributed by atoms with Crippen LogP contribution >= 0.6 is 11.8 Å².